The molecule has 1 aromatic heterocycles. The summed E-state index contributed by atoms with van der Waals surface area (Å²) in [5, 5.41) is 4.05. The molecule has 0 spiro atoms. The molecule has 0 aliphatic heterocycles. The van der Waals surface area contributed by atoms with E-state index in [2.05, 4.69) is 5.32 Å². The summed E-state index contributed by atoms with van der Waals surface area (Å²) in [5.41, 5.74) is 4.53. The zero-order chi connectivity index (χ0) is 22.0. The van der Waals surface area contributed by atoms with Gasteiger partial charge in [-0.3, -0.25) is 4.79 Å². The van der Waals surface area contributed by atoms with Crippen molar-refractivity contribution in [1.82, 2.24) is 4.98 Å². The first-order valence-corrected chi connectivity index (χ1v) is 10.1. The highest BCUT2D eigenvalue weighted by atomic mass is 35.5. The number of fused-ring (bicyclic) bond motifs is 1. The number of carbonyl (C=O) groups is 1. The Morgan fingerprint density at radius 2 is 1.65 bits per heavy atom. The van der Waals surface area contributed by atoms with Crippen LogP contribution >= 0.6 is 11.6 Å². The topological polar surface area (TPSA) is 60.5 Å². The number of rotatable bonds is 5. The Morgan fingerprint density at radius 3 is 2.35 bits per heavy atom. The molecule has 0 unspecified atom stereocenters. The number of aromatic nitrogens is 1. The molecule has 0 saturated heterocycles. The average Bonchev–Trinajstić information content (AvgIpc) is 2.79. The largest absolute Gasteiger partial charge is 0.495 e. The molecule has 0 fully saturated rings. The van der Waals surface area contributed by atoms with Crippen LogP contribution in [0.4, 0.5) is 5.69 Å². The molecule has 31 heavy (non-hydrogen) atoms. The molecule has 6 heteroatoms. The second kappa shape index (κ2) is 8.66. The molecule has 156 valence electrons. The molecule has 4 rings (SSSR count). The Labute approximate surface area is 185 Å². The fourth-order valence-corrected chi connectivity index (χ4v) is 3.62. The fraction of sp³-hybridized carbons (Fsp3) is 0.120. The monoisotopic (exact) mass is 432 g/mol. The number of ether oxygens (including phenoxy) is 2. The molecule has 4 aromatic rings. The zero-order valence-electron chi connectivity index (χ0n) is 17.4. The van der Waals surface area contributed by atoms with E-state index >= 15 is 0 Å². The van der Waals surface area contributed by atoms with Gasteiger partial charge in [0.1, 0.15) is 11.5 Å². The van der Waals surface area contributed by atoms with Crippen LogP contribution in [0.25, 0.3) is 22.2 Å². The molecule has 0 aliphatic rings. The minimum Gasteiger partial charge on any atom is -0.495 e. The van der Waals surface area contributed by atoms with E-state index in [0.717, 1.165) is 27.7 Å². The van der Waals surface area contributed by atoms with E-state index in [9.17, 15) is 4.79 Å². The van der Waals surface area contributed by atoms with Crippen LogP contribution in [0, 0.1) is 6.92 Å². The van der Waals surface area contributed by atoms with Gasteiger partial charge in [0.05, 0.1) is 41.7 Å². The maximum absolute atomic E-state index is 13.3. The predicted octanol–water partition coefficient (Wildman–Crippen LogP) is 6.13. The van der Waals surface area contributed by atoms with Crippen molar-refractivity contribution in [3.05, 3.63) is 82.9 Å². The average molecular weight is 433 g/mol. The number of nitrogens with zero attached hydrogens (tertiary/aromatic N) is 1. The molecule has 0 saturated carbocycles. The molecule has 5 nitrogen and oxygen atoms in total. The smallest absolute Gasteiger partial charge is 0.256 e. The lowest BCUT2D eigenvalue weighted by molar-refractivity contribution is 0.102. The molecule has 1 N–H and O–H groups in total. The van der Waals surface area contributed by atoms with Crippen LogP contribution in [0.5, 0.6) is 11.5 Å². The number of anilines is 1. The third-order valence-electron chi connectivity index (χ3n) is 5.03. The molecule has 0 bridgehead atoms. The van der Waals surface area contributed by atoms with Crippen LogP contribution in [0.2, 0.25) is 5.02 Å². The van der Waals surface area contributed by atoms with Crippen molar-refractivity contribution < 1.29 is 14.3 Å². The Kier molecular flexibility index (Phi) is 5.78. The Balaban J connectivity index is 1.79. The summed E-state index contributed by atoms with van der Waals surface area (Å²) < 4.78 is 10.6. The highest BCUT2D eigenvalue weighted by Crippen LogP contribution is 2.36. The molecule has 0 aliphatic carbocycles. The fourth-order valence-electron chi connectivity index (χ4n) is 3.38. The number of hydrogen-bond donors (Lipinski definition) is 1. The lowest BCUT2D eigenvalue weighted by atomic mass is 10.0. The van der Waals surface area contributed by atoms with Crippen LogP contribution in [0.3, 0.4) is 0 Å². The summed E-state index contributed by atoms with van der Waals surface area (Å²) in [7, 11) is 3.05. The Morgan fingerprint density at radius 1 is 0.935 bits per heavy atom. The highest BCUT2D eigenvalue weighted by molar-refractivity contribution is 6.32. The number of methoxy groups -OCH3 is 2. The number of aryl methyl sites for hydroxylation is 1. The number of benzene rings is 3. The van der Waals surface area contributed by atoms with E-state index in [1.165, 1.54) is 14.2 Å². The summed E-state index contributed by atoms with van der Waals surface area (Å²) >= 11 is 6.26. The third-order valence-corrected chi connectivity index (χ3v) is 5.33. The van der Waals surface area contributed by atoms with Crippen LogP contribution in [0.1, 0.15) is 15.9 Å². The van der Waals surface area contributed by atoms with Gasteiger partial charge < -0.3 is 14.8 Å². The van der Waals surface area contributed by atoms with E-state index in [0.29, 0.717) is 27.8 Å². The van der Waals surface area contributed by atoms with Crippen LogP contribution in [-0.4, -0.2) is 25.1 Å². The third kappa shape index (κ3) is 4.18. The van der Waals surface area contributed by atoms with Gasteiger partial charge in [0, 0.05) is 17.0 Å². The molecule has 1 heterocycles. The van der Waals surface area contributed by atoms with Crippen molar-refractivity contribution in [2.24, 2.45) is 0 Å². The van der Waals surface area contributed by atoms with Gasteiger partial charge in [0.15, 0.2) is 0 Å². The summed E-state index contributed by atoms with van der Waals surface area (Å²) in [6, 6.07) is 20.7. The van der Waals surface area contributed by atoms with E-state index < -0.39 is 0 Å². The lowest BCUT2D eigenvalue weighted by Gasteiger charge is -2.14. The number of carbonyl (C=O) groups excluding carboxylic acids is 1. The second-order valence-electron chi connectivity index (χ2n) is 7.08. The van der Waals surface area contributed by atoms with Gasteiger partial charge in [-0.15, -0.1) is 0 Å². The number of para-hydroxylation sites is 1. The SMILES string of the molecule is COc1cc(OC)c(NC(=O)c2cc(-c3ccc(C)cc3)nc3ccccc23)cc1Cl. The standard InChI is InChI=1S/C25H21ClN2O3/c1-15-8-10-16(11-9-15)21-12-18(17-6-4-5-7-20(17)27-21)25(29)28-22-13-19(26)23(30-2)14-24(22)31-3/h4-14H,1-3H3,(H,28,29). The van der Waals surface area contributed by atoms with Gasteiger partial charge in [0.2, 0.25) is 0 Å². The van der Waals surface area contributed by atoms with E-state index in [4.69, 9.17) is 26.1 Å². The maximum Gasteiger partial charge on any atom is 0.256 e. The first kappa shape index (κ1) is 20.7. The summed E-state index contributed by atoms with van der Waals surface area (Å²) in [4.78, 5) is 18.1. The van der Waals surface area contributed by atoms with Gasteiger partial charge in [-0.05, 0) is 25.1 Å². The predicted molar refractivity (Wildman–Crippen MR) is 124 cm³/mol. The van der Waals surface area contributed by atoms with Gasteiger partial charge >= 0.3 is 0 Å². The Bertz CT molecular complexity index is 1270. The second-order valence-corrected chi connectivity index (χ2v) is 7.49. The van der Waals surface area contributed by atoms with Gasteiger partial charge in [-0.25, -0.2) is 4.98 Å². The van der Waals surface area contributed by atoms with Crippen LogP contribution in [0.15, 0.2) is 66.7 Å². The van der Waals surface area contributed by atoms with Crippen molar-refractivity contribution in [2.75, 3.05) is 19.5 Å². The minimum absolute atomic E-state index is 0.286. The summed E-state index contributed by atoms with van der Waals surface area (Å²) in [5.74, 6) is 0.630. The maximum atomic E-state index is 13.3. The van der Waals surface area contributed by atoms with Crippen molar-refractivity contribution in [3.8, 4) is 22.8 Å². The number of amides is 1. The van der Waals surface area contributed by atoms with Crippen molar-refractivity contribution >= 4 is 34.1 Å². The van der Waals surface area contributed by atoms with Gasteiger partial charge in [-0.2, -0.15) is 0 Å². The zero-order valence-corrected chi connectivity index (χ0v) is 18.2. The highest BCUT2D eigenvalue weighted by Gasteiger charge is 2.17. The molecule has 0 radical (unpaired) electrons. The van der Waals surface area contributed by atoms with Crippen molar-refractivity contribution in [2.45, 2.75) is 6.92 Å². The van der Waals surface area contributed by atoms with Gasteiger partial charge in [0.25, 0.3) is 5.91 Å². The van der Waals surface area contributed by atoms with E-state index in [-0.39, 0.29) is 5.91 Å². The lowest BCUT2D eigenvalue weighted by Crippen LogP contribution is -2.14. The number of hydrogen-bond acceptors (Lipinski definition) is 4. The van der Waals surface area contributed by atoms with Gasteiger partial charge in [-0.1, -0.05) is 59.6 Å². The first-order chi connectivity index (χ1) is 15.0. The number of nitrogens with one attached hydrogen (secondary N) is 1. The minimum atomic E-state index is -0.286. The first-order valence-electron chi connectivity index (χ1n) is 9.70. The summed E-state index contributed by atoms with van der Waals surface area (Å²) in [6.07, 6.45) is 0. The molecule has 1 amide bonds. The quantitative estimate of drug-likeness (QED) is 0.412. The normalized spacial score (nSPS) is 10.7. The number of halogens is 1. The van der Waals surface area contributed by atoms with Crippen LogP contribution in [-0.2, 0) is 0 Å². The summed E-state index contributed by atoms with van der Waals surface area (Å²) in [6.45, 7) is 2.03. The molecular formula is C25H21ClN2O3. The Hall–Kier alpha value is -3.57. The molecule has 0 atom stereocenters. The molecular weight excluding hydrogens is 412 g/mol. The number of pyridine rings is 1. The molecule has 3 aromatic carbocycles. The van der Waals surface area contributed by atoms with Crippen LogP contribution < -0.4 is 14.8 Å². The van der Waals surface area contributed by atoms with E-state index in [1.807, 2.05) is 55.5 Å². The van der Waals surface area contributed by atoms with Crippen molar-refractivity contribution in [1.29, 1.82) is 0 Å². The van der Waals surface area contributed by atoms with Crippen molar-refractivity contribution in [3.63, 3.8) is 0 Å². The van der Waals surface area contributed by atoms with E-state index in [1.54, 1.807) is 18.2 Å².